The molecule has 1 aliphatic heterocycles. The summed E-state index contributed by atoms with van der Waals surface area (Å²) in [4.78, 5) is 0. The fourth-order valence-electron chi connectivity index (χ4n) is 3.13. The highest BCUT2D eigenvalue weighted by Crippen LogP contribution is 2.34. The van der Waals surface area contributed by atoms with Crippen LogP contribution in [0.2, 0.25) is 0 Å². The Labute approximate surface area is 138 Å². The molecule has 0 unspecified atom stereocenters. The Bertz CT molecular complexity index is 742. The van der Waals surface area contributed by atoms with Crippen LogP contribution in [-0.2, 0) is 10.0 Å². The van der Waals surface area contributed by atoms with Crippen molar-refractivity contribution < 1.29 is 8.42 Å². The van der Waals surface area contributed by atoms with Crippen molar-refractivity contribution in [2.45, 2.75) is 12.8 Å². The second-order valence-corrected chi connectivity index (χ2v) is 7.83. The van der Waals surface area contributed by atoms with Crippen LogP contribution < -0.4 is 0 Å². The lowest BCUT2D eigenvalue weighted by molar-refractivity contribution is 0.435. The maximum atomic E-state index is 11.9. The molecule has 4 heteroatoms. The molecule has 3 nitrogen and oxygen atoms in total. The monoisotopic (exact) mass is 327 g/mol. The van der Waals surface area contributed by atoms with Gasteiger partial charge in [-0.05, 0) is 35.1 Å². The van der Waals surface area contributed by atoms with Gasteiger partial charge in [0.1, 0.15) is 0 Å². The molecule has 0 N–H and O–H groups in total. The first-order chi connectivity index (χ1) is 11.1. The summed E-state index contributed by atoms with van der Waals surface area (Å²) in [5.74, 6) is 0. The van der Waals surface area contributed by atoms with Crippen molar-refractivity contribution in [3.05, 3.63) is 71.8 Å². The number of hydrogen-bond donors (Lipinski definition) is 0. The van der Waals surface area contributed by atoms with Gasteiger partial charge in [-0.25, -0.2) is 12.7 Å². The van der Waals surface area contributed by atoms with Gasteiger partial charge < -0.3 is 0 Å². The lowest BCUT2D eigenvalue weighted by Crippen LogP contribution is -2.31. The molecular weight excluding hydrogens is 306 g/mol. The maximum absolute atomic E-state index is 11.9. The van der Waals surface area contributed by atoms with Gasteiger partial charge in [-0.15, -0.1) is 0 Å². The zero-order valence-corrected chi connectivity index (χ0v) is 14.1. The summed E-state index contributed by atoms with van der Waals surface area (Å²) in [6, 6.07) is 20.6. The molecule has 0 aromatic heterocycles. The number of rotatable bonds is 3. The van der Waals surface area contributed by atoms with E-state index >= 15 is 0 Å². The topological polar surface area (TPSA) is 37.4 Å². The zero-order valence-electron chi connectivity index (χ0n) is 13.3. The Morgan fingerprint density at radius 2 is 1.13 bits per heavy atom. The molecule has 23 heavy (non-hydrogen) atoms. The van der Waals surface area contributed by atoms with E-state index in [9.17, 15) is 8.42 Å². The van der Waals surface area contributed by atoms with Gasteiger partial charge in [0.2, 0.25) is 10.0 Å². The predicted octanol–water partition coefficient (Wildman–Crippen LogP) is 3.65. The van der Waals surface area contributed by atoms with Gasteiger partial charge in [0.25, 0.3) is 0 Å². The van der Waals surface area contributed by atoms with E-state index in [1.54, 1.807) is 4.31 Å². The van der Waals surface area contributed by atoms with E-state index in [4.69, 9.17) is 0 Å². The van der Waals surface area contributed by atoms with Crippen LogP contribution in [0.1, 0.15) is 24.0 Å². The molecule has 0 bridgehead atoms. The van der Waals surface area contributed by atoms with Crippen LogP contribution in [-0.4, -0.2) is 32.1 Å². The summed E-state index contributed by atoms with van der Waals surface area (Å²) in [6.45, 7) is 1.08. The second-order valence-electron chi connectivity index (χ2n) is 5.85. The molecule has 0 fully saturated rings. The predicted molar refractivity (Wildman–Crippen MR) is 95.3 cm³/mol. The van der Waals surface area contributed by atoms with Gasteiger partial charge in [-0.3, -0.25) is 0 Å². The first kappa shape index (κ1) is 16.0. The normalized spacial score (nSPS) is 17.1. The average Bonchev–Trinajstić information content (AvgIpc) is 2.79. The SMILES string of the molecule is CS(=O)(=O)N1CCC(c2ccccc2)=C(c2ccccc2)CC1. The first-order valence-corrected chi connectivity index (χ1v) is 9.68. The van der Waals surface area contributed by atoms with Gasteiger partial charge >= 0.3 is 0 Å². The Hall–Kier alpha value is -1.91. The van der Waals surface area contributed by atoms with Crippen molar-refractivity contribution >= 4 is 21.2 Å². The number of hydrogen-bond acceptors (Lipinski definition) is 2. The minimum atomic E-state index is -3.15. The van der Waals surface area contributed by atoms with E-state index < -0.39 is 10.0 Å². The third-order valence-corrected chi connectivity index (χ3v) is 5.60. The van der Waals surface area contributed by atoms with Crippen LogP contribution in [0.25, 0.3) is 11.1 Å². The lowest BCUT2D eigenvalue weighted by atomic mass is 9.91. The van der Waals surface area contributed by atoms with E-state index in [1.807, 2.05) is 36.4 Å². The van der Waals surface area contributed by atoms with Crippen molar-refractivity contribution in [3.8, 4) is 0 Å². The van der Waals surface area contributed by atoms with Crippen LogP contribution in [0.4, 0.5) is 0 Å². The van der Waals surface area contributed by atoms with E-state index in [-0.39, 0.29) is 0 Å². The molecule has 0 spiro atoms. The minimum absolute atomic E-state index is 0.541. The van der Waals surface area contributed by atoms with Crippen molar-refractivity contribution in [1.29, 1.82) is 0 Å². The zero-order chi connectivity index (χ0) is 16.3. The van der Waals surface area contributed by atoms with Gasteiger partial charge in [-0.1, -0.05) is 60.7 Å². The third-order valence-electron chi connectivity index (χ3n) is 4.30. The fourth-order valence-corrected chi connectivity index (χ4v) is 3.98. The van der Waals surface area contributed by atoms with Crippen LogP contribution in [0.5, 0.6) is 0 Å². The first-order valence-electron chi connectivity index (χ1n) is 7.84. The Balaban J connectivity index is 2.05. The van der Waals surface area contributed by atoms with Gasteiger partial charge in [0.05, 0.1) is 6.26 Å². The average molecular weight is 327 g/mol. The molecule has 120 valence electrons. The van der Waals surface area contributed by atoms with Gasteiger partial charge in [0, 0.05) is 13.1 Å². The molecule has 0 saturated carbocycles. The Kier molecular flexibility index (Phi) is 4.64. The van der Waals surface area contributed by atoms with Crippen LogP contribution in [0.15, 0.2) is 60.7 Å². The highest BCUT2D eigenvalue weighted by molar-refractivity contribution is 7.88. The molecule has 3 rings (SSSR count). The molecule has 1 aliphatic rings. The summed E-state index contributed by atoms with van der Waals surface area (Å²) in [7, 11) is -3.15. The summed E-state index contributed by atoms with van der Waals surface area (Å²) >= 11 is 0. The van der Waals surface area contributed by atoms with Gasteiger partial charge in [0.15, 0.2) is 0 Å². The molecule has 0 radical (unpaired) electrons. The lowest BCUT2D eigenvalue weighted by Gasteiger charge is -2.17. The molecular formula is C19H21NO2S. The summed E-state index contributed by atoms with van der Waals surface area (Å²) in [5.41, 5.74) is 4.87. The number of sulfonamides is 1. The quantitative estimate of drug-likeness (QED) is 0.863. The summed E-state index contributed by atoms with van der Waals surface area (Å²) < 4.78 is 25.5. The van der Waals surface area contributed by atoms with Crippen molar-refractivity contribution in [2.75, 3.05) is 19.3 Å². The standard InChI is InChI=1S/C19H21NO2S/c1-23(21,22)20-14-12-18(16-8-4-2-5-9-16)19(13-15-20)17-10-6-3-7-11-17/h2-11H,12-15H2,1H3. The third kappa shape index (κ3) is 3.71. The molecule has 2 aromatic rings. The van der Waals surface area contributed by atoms with Crippen molar-refractivity contribution in [2.24, 2.45) is 0 Å². The molecule has 0 atom stereocenters. The molecule has 2 aromatic carbocycles. The minimum Gasteiger partial charge on any atom is -0.213 e. The van der Waals surface area contributed by atoms with Crippen LogP contribution in [0.3, 0.4) is 0 Å². The van der Waals surface area contributed by atoms with E-state index in [0.29, 0.717) is 13.1 Å². The largest absolute Gasteiger partial charge is 0.213 e. The van der Waals surface area contributed by atoms with E-state index in [1.165, 1.54) is 28.5 Å². The van der Waals surface area contributed by atoms with E-state index in [0.717, 1.165) is 12.8 Å². The highest BCUT2D eigenvalue weighted by atomic mass is 32.2. The number of nitrogens with zero attached hydrogens (tertiary/aromatic N) is 1. The molecule has 0 amide bonds. The van der Waals surface area contributed by atoms with Crippen molar-refractivity contribution in [3.63, 3.8) is 0 Å². The Morgan fingerprint density at radius 1 is 0.739 bits per heavy atom. The summed E-state index contributed by atoms with van der Waals surface area (Å²) in [6.07, 6.45) is 2.77. The molecule has 0 saturated heterocycles. The van der Waals surface area contributed by atoms with Crippen molar-refractivity contribution in [1.82, 2.24) is 4.31 Å². The highest BCUT2D eigenvalue weighted by Gasteiger charge is 2.23. The molecule has 1 heterocycles. The number of benzene rings is 2. The summed E-state index contributed by atoms with van der Waals surface area (Å²) in [5, 5.41) is 0. The maximum Gasteiger partial charge on any atom is 0.211 e. The van der Waals surface area contributed by atoms with Gasteiger partial charge in [-0.2, -0.15) is 0 Å². The Morgan fingerprint density at radius 3 is 1.48 bits per heavy atom. The van der Waals surface area contributed by atoms with Crippen LogP contribution >= 0.6 is 0 Å². The van der Waals surface area contributed by atoms with Crippen LogP contribution in [0, 0.1) is 0 Å². The smallest absolute Gasteiger partial charge is 0.211 e. The second kappa shape index (κ2) is 6.69. The molecule has 0 aliphatic carbocycles. The van der Waals surface area contributed by atoms with E-state index in [2.05, 4.69) is 24.3 Å². The fraction of sp³-hybridized carbons (Fsp3) is 0.263.